The number of hydrogen-bond acceptors (Lipinski definition) is 3. The first kappa shape index (κ1) is 16.6. The molecule has 2 heterocycles. The van der Waals surface area contributed by atoms with Crippen LogP contribution in [0, 0.1) is 0 Å². The smallest absolute Gasteiger partial charge is 0.323 e. The number of nitrogens with zero attached hydrogens (tertiary/aromatic N) is 3. The van der Waals surface area contributed by atoms with E-state index < -0.39 is 0 Å². The lowest BCUT2D eigenvalue weighted by atomic mass is 10.2. The number of hydrogen-bond donors (Lipinski definition) is 2. The third kappa shape index (κ3) is 3.41. The molecule has 0 spiro atoms. The fourth-order valence-corrected chi connectivity index (χ4v) is 3.47. The topological polar surface area (TPSA) is 62.2 Å². The molecule has 6 heteroatoms. The summed E-state index contributed by atoms with van der Waals surface area (Å²) in [5.74, 6) is 1.10. The van der Waals surface area contributed by atoms with E-state index in [9.17, 15) is 4.79 Å². The number of fused-ring (bicyclic) bond motifs is 3. The molecule has 1 aliphatic rings. The zero-order chi connectivity index (χ0) is 17.9. The first-order valence-corrected chi connectivity index (χ1v) is 9.07. The highest BCUT2D eigenvalue weighted by Gasteiger charge is 2.19. The van der Waals surface area contributed by atoms with Gasteiger partial charge in [0.1, 0.15) is 5.82 Å². The minimum absolute atomic E-state index is 0.256. The predicted molar refractivity (Wildman–Crippen MR) is 104 cm³/mol. The van der Waals surface area contributed by atoms with E-state index in [1.54, 1.807) is 0 Å². The maximum atomic E-state index is 12.2. The second kappa shape index (κ2) is 7.17. The number of benzene rings is 2. The van der Waals surface area contributed by atoms with Gasteiger partial charge < -0.3 is 15.2 Å². The summed E-state index contributed by atoms with van der Waals surface area (Å²) in [6.45, 7) is 6.23. The van der Waals surface area contributed by atoms with E-state index in [1.807, 2.05) is 48.5 Å². The molecule has 1 aliphatic heterocycles. The third-order valence-corrected chi connectivity index (χ3v) is 4.66. The Hall–Kier alpha value is -2.86. The van der Waals surface area contributed by atoms with Gasteiger partial charge in [0.25, 0.3) is 0 Å². The number of imidazole rings is 1. The van der Waals surface area contributed by atoms with E-state index in [2.05, 4.69) is 27.0 Å². The summed E-state index contributed by atoms with van der Waals surface area (Å²) in [7, 11) is 0. The van der Waals surface area contributed by atoms with Gasteiger partial charge in [-0.15, -0.1) is 0 Å². The van der Waals surface area contributed by atoms with Crippen molar-refractivity contribution in [1.29, 1.82) is 0 Å². The number of aromatic nitrogens is 2. The molecule has 0 atom stereocenters. The fourth-order valence-electron chi connectivity index (χ4n) is 3.47. The molecule has 2 amide bonds. The maximum Gasteiger partial charge on any atom is 0.323 e. The van der Waals surface area contributed by atoms with Gasteiger partial charge in [-0.25, -0.2) is 9.78 Å². The zero-order valence-corrected chi connectivity index (χ0v) is 14.9. The molecule has 0 bridgehead atoms. The van der Waals surface area contributed by atoms with Gasteiger partial charge in [-0.05, 0) is 43.3 Å². The summed E-state index contributed by atoms with van der Waals surface area (Å²) < 4.78 is 2.29. The van der Waals surface area contributed by atoms with Gasteiger partial charge in [0, 0.05) is 24.5 Å². The van der Waals surface area contributed by atoms with Crippen LogP contribution < -0.4 is 10.6 Å². The van der Waals surface area contributed by atoms with Crippen molar-refractivity contribution in [3.8, 4) is 0 Å². The zero-order valence-electron chi connectivity index (χ0n) is 14.9. The van der Waals surface area contributed by atoms with Crippen molar-refractivity contribution in [3.63, 3.8) is 0 Å². The van der Waals surface area contributed by atoms with E-state index in [1.165, 1.54) is 0 Å². The van der Waals surface area contributed by atoms with Gasteiger partial charge in [0.2, 0.25) is 0 Å². The summed E-state index contributed by atoms with van der Waals surface area (Å²) in [4.78, 5) is 19.4. The molecule has 0 unspecified atom stereocenters. The van der Waals surface area contributed by atoms with Crippen molar-refractivity contribution >= 4 is 28.4 Å². The van der Waals surface area contributed by atoms with Gasteiger partial charge in [-0.3, -0.25) is 4.90 Å². The Morgan fingerprint density at radius 3 is 2.69 bits per heavy atom. The van der Waals surface area contributed by atoms with Crippen LogP contribution in [0.1, 0.15) is 19.2 Å². The number of carbonyl (C=O) groups excluding carboxylic acids is 1. The Bertz CT molecular complexity index is 919. The largest absolute Gasteiger partial charge is 0.326 e. The second-order valence-corrected chi connectivity index (χ2v) is 6.60. The van der Waals surface area contributed by atoms with Crippen LogP contribution in [0.4, 0.5) is 16.2 Å². The normalized spacial score (nSPS) is 14.2. The average Bonchev–Trinajstić information content (AvgIpc) is 2.99. The number of nitrogens with one attached hydrogen (secondary N) is 2. The Morgan fingerprint density at radius 2 is 1.88 bits per heavy atom. The summed E-state index contributed by atoms with van der Waals surface area (Å²) in [5.41, 5.74) is 3.56. The Morgan fingerprint density at radius 1 is 1.08 bits per heavy atom. The number of urea groups is 1. The summed E-state index contributed by atoms with van der Waals surface area (Å²) in [6.07, 6.45) is 1.16. The minimum Gasteiger partial charge on any atom is -0.326 e. The second-order valence-electron chi connectivity index (χ2n) is 6.60. The molecule has 3 aromatic rings. The van der Waals surface area contributed by atoms with Crippen molar-refractivity contribution in [2.45, 2.75) is 26.4 Å². The molecular formula is C20H23N5O. The number of anilines is 2. The SMILES string of the molecule is CCCN1CCn2c(nc3cc(NC(=O)Nc4ccccc4)ccc32)C1. The molecular weight excluding hydrogens is 326 g/mol. The lowest BCUT2D eigenvalue weighted by Gasteiger charge is -2.27. The van der Waals surface area contributed by atoms with Gasteiger partial charge in [0.05, 0.1) is 17.6 Å². The van der Waals surface area contributed by atoms with Crippen LogP contribution in [0.25, 0.3) is 11.0 Å². The van der Waals surface area contributed by atoms with Crippen LogP contribution >= 0.6 is 0 Å². The van der Waals surface area contributed by atoms with Crippen LogP contribution in [0.3, 0.4) is 0 Å². The highest BCUT2D eigenvalue weighted by molar-refractivity contribution is 6.00. The number of rotatable bonds is 4. The van der Waals surface area contributed by atoms with Crippen molar-refractivity contribution in [1.82, 2.24) is 14.5 Å². The minimum atomic E-state index is -0.256. The van der Waals surface area contributed by atoms with Crippen molar-refractivity contribution in [2.24, 2.45) is 0 Å². The first-order chi connectivity index (χ1) is 12.7. The van der Waals surface area contributed by atoms with E-state index in [4.69, 9.17) is 4.98 Å². The molecule has 0 radical (unpaired) electrons. The molecule has 2 N–H and O–H groups in total. The van der Waals surface area contributed by atoms with E-state index >= 15 is 0 Å². The van der Waals surface area contributed by atoms with Crippen LogP contribution in [0.5, 0.6) is 0 Å². The van der Waals surface area contributed by atoms with Crippen LogP contribution in [-0.4, -0.2) is 33.6 Å². The quantitative estimate of drug-likeness (QED) is 0.751. The predicted octanol–water partition coefficient (Wildman–Crippen LogP) is 3.91. The van der Waals surface area contributed by atoms with E-state index in [0.29, 0.717) is 0 Å². The molecule has 0 aliphatic carbocycles. The summed E-state index contributed by atoms with van der Waals surface area (Å²) in [6, 6.07) is 15.1. The molecule has 134 valence electrons. The maximum absolute atomic E-state index is 12.2. The van der Waals surface area contributed by atoms with Crippen LogP contribution in [0.15, 0.2) is 48.5 Å². The molecule has 0 fully saturated rings. The summed E-state index contributed by atoms with van der Waals surface area (Å²) >= 11 is 0. The molecule has 1 aromatic heterocycles. The van der Waals surface area contributed by atoms with Gasteiger partial charge in [-0.2, -0.15) is 0 Å². The van der Waals surface area contributed by atoms with E-state index in [-0.39, 0.29) is 6.03 Å². The first-order valence-electron chi connectivity index (χ1n) is 9.07. The van der Waals surface area contributed by atoms with Gasteiger partial charge >= 0.3 is 6.03 Å². The Labute approximate surface area is 152 Å². The number of amides is 2. The third-order valence-electron chi connectivity index (χ3n) is 4.66. The molecule has 0 saturated carbocycles. The standard InChI is InChI=1S/C20H23N5O/c1-2-10-24-11-12-25-18-9-8-16(13-17(18)23-19(25)14-24)22-20(26)21-15-6-4-3-5-7-15/h3-9,13H,2,10-12,14H2,1H3,(H2,21,22,26). The molecule has 26 heavy (non-hydrogen) atoms. The van der Waals surface area contributed by atoms with Gasteiger partial charge in [-0.1, -0.05) is 25.1 Å². The van der Waals surface area contributed by atoms with E-state index in [0.717, 1.165) is 60.8 Å². The van der Waals surface area contributed by atoms with Gasteiger partial charge in [0.15, 0.2) is 0 Å². The fraction of sp³-hybridized carbons (Fsp3) is 0.300. The van der Waals surface area contributed by atoms with Crippen molar-refractivity contribution in [2.75, 3.05) is 23.7 Å². The van der Waals surface area contributed by atoms with Crippen molar-refractivity contribution < 1.29 is 4.79 Å². The molecule has 6 nitrogen and oxygen atoms in total. The Kier molecular flexibility index (Phi) is 4.58. The van der Waals surface area contributed by atoms with Crippen LogP contribution in [0.2, 0.25) is 0 Å². The lowest BCUT2D eigenvalue weighted by Crippen LogP contribution is -2.34. The Balaban J connectivity index is 1.50. The molecule has 0 saturated heterocycles. The monoisotopic (exact) mass is 349 g/mol. The average molecular weight is 349 g/mol. The number of para-hydroxylation sites is 1. The van der Waals surface area contributed by atoms with Crippen molar-refractivity contribution in [3.05, 3.63) is 54.4 Å². The highest BCUT2D eigenvalue weighted by atomic mass is 16.2. The lowest BCUT2D eigenvalue weighted by molar-refractivity contribution is 0.219. The molecule has 4 rings (SSSR count). The summed E-state index contributed by atoms with van der Waals surface area (Å²) in [5, 5.41) is 5.71. The highest BCUT2D eigenvalue weighted by Crippen LogP contribution is 2.24. The molecule has 2 aromatic carbocycles. The van der Waals surface area contributed by atoms with Crippen LogP contribution in [-0.2, 0) is 13.1 Å². The number of carbonyl (C=O) groups is 1.